The van der Waals surface area contributed by atoms with Crippen LogP contribution >= 0.6 is 11.6 Å². The summed E-state index contributed by atoms with van der Waals surface area (Å²) in [5, 5.41) is 5.53. The molecule has 2 heterocycles. The number of nitrogens with one attached hydrogen (secondary N) is 2. The third kappa shape index (κ3) is 5.63. The van der Waals surface area contributed by atoms with E-state index in [-0.39, 0.29) is 34.7 Å². The highest BCUT2D eigenvalue weighted by Crippen LogP contribution is 2.39. The van der Waals surface area contributed by atoms with Crippen LogP contribution in [-0.4, -0.2) is 52.9 Å². The molecule has 0 aliphatic heterocycles. The Morgan fingerprint density at radius 1 is 1.12 bits per heavy atom. The van der Waals surface area contributed by atoms with Crippen molar-refractivity contribution in [1.29, 1.82) is 0 Å². The minimum atomic E-state index is -0.915. The summed E-state index contributed by atoms with van der Waals surface area (Å²) in [6.07, 6.45) is 4.98. The van der Waals surface area contributed by atoms with Crippen molar-refractivity contribution in [3.05, 3.63) is 47.5 Å². The lowest BCUT2D eigenvalue weighted by atomic mass is 10.1. The first-order chi connectivity index (χ1) is 15.4. The summed E-state index contributed by atoms with van der Waals surface area (Å²) in [6, 6.07) is 1.43. The van der Waals surface area contributed by atoms with Crippen LogP contribution in [0.15, 0.2) is 30.7 Å². The molecule has 0 saturated heterocycles. The monoisotopic (exact) mass is 466 g/mol. The van der Waals surface area contributed by atoms with Gasteiger partial charge in [0.2, 0.25) is 0 Å². The molecular weight excluding hydrogens is 445 g/mol. The molecule has 11 heteroatoms. The maximum Gasteiger partial charge on any atom is 0.183 e. The average molecular weight is 467 g/mol. The quantitative estimate of drug-likeness (QED) is 0.340. The van der Waals surface area contributed by atoms with E-state index in [0.717, 1.165) is 12.1 Å². The summed E-state index contributed by atoms with van der Waals surface area (Å²) in [4.78, 5) is 16.5. The Bertz CT molecular complexity index is 1030. The van der Waals surface area contributed by atoms with Gasteiger partial charge in [0.15, 0.2) is 5.82 Å². The van der Waals surface area contributed by atoms with Crippen molar-refractivity contribution in [2.24, 2.45) is 0 Å². The molecular formula is C21H22ClF3N6O. The Morgan fingerprint density at radius 3 is 2.50 bits per heavy atom. The molecule has 3 rings (SSSR count). The number of hydrogen-bond donors (Lipinski definition) is 2. The molecule has 170 valence electrons. The van der Waals surface area contributed by atoms with Gasteiger partial charge in [0, 0.05) is 24.5 Å². The van der Waals surface area contributed by atoms with Crippen LogP contribution in [-0.2, 0) is 0 Å². The first-order valence-corrected chi connectivity index (χ1v) is 10.3. The van der Waals surface area contributed by atoms with Gasteiger partial charge in [0.05, 0.1) is 30.0 Å². The summed E-state index contributed by atoms with van der Waals surface area (Å²) in [5.41, 5.74) is -0.281. The fraction of sp³-hybridized carbons (Fsp3) is 0.333. The van der Waals surface area contributed by atoms with Gasteiger partial charge in [-0.3, -0.25) is 4.98 Å². The maximum absolute atomic E-state index is 15.0. The second-order valence-corrected chi connectivity index (χ2v) is 7.28. The molecule has 0 unspecified atom stereocenters. The number of rotatable bonds is 10. The Hall–Kier alpha value is -2.98. The summed E-state index contributed by atoms with van der Waals surface area (Å²) in [6.45, 7) is 1.80. The van der Waals surface area contributed by atoms with Crippen LogP contribution < -0.4 is 15.4 Å². The number of nitrogens with zero attached hydrogens (tertiary/aromatic N) is 4. The average Bonchev–Trinajstić information content (AvgIpc) is 2.78. The molecule has 0 aliphatic carbocycles. The molecule has 0 fully saturated rings. The van der Waals surface area contributed by atoms with E-state index < -0.39 is 29.9 Å². The van der Waals surface area contributed by atoms with Crippen molar-refractivity contribution in [2.75, 3.05) is 32.2 Å². The first kappa shape index (κ1) is 23.7. The van der Waals surface area contributed by atoms with E-state index in [0.29, 0.717) is 18.7 Å². The molecule has 7 nitrogen and oxygen atoms in total. The second kappa shape index (κ2) is 11.1. The largest absolute Gasteiger partial charge is 0.493 e. The SMILES string of the molecule is CNCCCOc1cc(F)c(-c2c(Cl)nc(-c3cnccn3)nc2N[C@H](C)CF)c(F)c1. The van der Waals surface area contributed by atoms with E-state index in [1.54, 1.807) is 14.0 Å². The van der Waals surface area contributed by atoms with Crippen LogP contribution in [0, 0.1) is 11.6 Å². The Balaban J connectivity index is 2.06. The smallest absolute Gasteiger partial charge is 0.183 e. The zero-order chi connectivity index (χ0) is 23.1. The highest BCUT2D eigenvalue weighted by Gasteiger charge is 2.24. The lowest BCUT2D eigenvalue weighted by Gasteiger charge is -2.18. The van der Waals surface area contributed by atoms with Gasteiger partial charge < -0.3 is 15.4 Å². The zero-order valence-electron chi connectivity index (χ0n) is 17.5. The van der Waals surface area contributed by atoms with Gasteiger partial charge in [0.1, 0.15) is 40.7 Å². The Morgan fingerprint density at radius 2 is 1.88 bits per heavy atom. The molecule has 0 aliphatic rings. The van der Waals surface area contributed by atoms with Crippen LogP contribution in [0.4, 0.5) is 19.0 Å². The number of ether oxygens (including phenoxy) is 1. The molecule has 3 aromatic rings. The van der Waals surface area contributed by atoms with Crippen LogP contribution in [0.25, 0.3) is 22.6 Å². The van der Waals surface area contributed by atoms with Crippen molar-refractivity contribution in [3.63, 3.8) is 0 Å². The van der Waals surface area contributed by atoms with Crippen LogP contribution in [0.1, 0.15) is 13.3 Å². The summed E-state index contributed by atoms with van der Waals surface area (Å²) >= 11 is 6.34. The van der Waals surface area contributed by atoms with Crippen molar-refractivity contribution < 1.29 is 17.9 Å². The lowest BCUT2D eigenvalue weighted by molar-refractivity contribution is 0.306. The van der Waals surface area contributed by atoms with E-state index in [1.165, 1.54) is 18.6 Å². The third-order valence-electron chi connectivity index (χ3n) is 4.38. The number of halogens is 4. The molecule has 2 N–H and O–H groups in total. The Kier molecular flexibility index (Phi) is 8.18. The van der Waals surface area contributed by atoms with Gasteiger partial charge in [-0.25, -0.2) is 28.1 Å². The number of hydrogen-bond acceptors (Lipinski definition) is 7. The van der Waals surface area contributed by atoms with E-state index in [4.69, 9.17) is 16.3 Å². The van der Waals surface area contributed by atoms with E-state index in [2.05, 4.69) is 30.6 Å². The van der Waals surface area contributed by atoms with Crippen LogP contribution in [0.5, 0.6) is 5.75 Å². The minimum absolute atomic E-state index is 0.0312. The van der Waals surface area contributed by atoms with Gasteiger partial charge in [0.25, 0.3) is 0 Å². The highest BCUT2D eigenvalue weighted by molar-refractivity contribution is 6.32. The molecule has 0 saturated carbocycles. The van der Waals surface area contributed by atoms with E-state index in [1.807, 2.05) is 0 Å². The number of benzene rings is 1. The van der Waals surface area contributed by atoms with Gasteiger partial charge in [-0.1, -0.05) is 11.6 Å². The summed E-state index contributed by atoms with van der Waals surface area (Å²) in [5.74, 6) is -1.74. The third-order valence-corrected chi connectivity index (χ3v) is 4.65. The van der Waals surface area contributed by atoms with Crippen LogP contribution in [0.3, 0.4) is 0 Å². The number of aromatic nitrogens is 4. The molecule has 1 aromatic carbocycles. The summed E-state index contributed by atoms with van der Waals surface area (Å²) < 4.78 is 48.6. The number of anilines is 1. The fourth-order valence-corrected chi connectivity index (χ4v) is 3.14. The highest BCUT2D eigenvalue weighted by atomic mass is 35.5. The number of alkyl halides is 1. The molecule has 2 aromatic heterocycles. The standard InChI is InChI=1S/C21H22ClF3N6O/c1-12(10-23)29-21-18(19(22)30-20(31-21)16-11-27-5-6-28-16)17-14(24)8-13(9-15(17)25)32-7-3-4-26-2/h5-6,8-9,11-12,26H,3-4,7,10H2,1-2H3,(H,29,30,31)/t12-/m1/s1. The summed E-state index contributed by atoms with van der Waals surface area (Å²) in [7, 11) is 1.80. The Labute approximate surface area is 188 Å². The molecule has 0 amide bonds. The van der Waals surface area contributed by atoms with Crippen LogP contribution in [0.2, 0.25) is 5.15 Å². The fourth-order valence-electron chi connectivity index (χ4n) is 2.87. The normalized spacial score (nSPS) is 11.9. The zero-order valence-corrected chi connectivity index (χ0v) is 18.3. The topological polar surface area (TPSA) is 84.8 Å². The predicted molar refractivity (Wildman–Crippen MR) is 117 cm³/mol. The molecule has 0 bridgehead atoms. The van der Waals surface area contributed by atoms with Crippen molar-refractivity contribution in [3.8, 4) is 28.4 Å². The van der Waals surface area contributed by atoms with Gasteiger partial charge >= 0.3 is 0 Å². The van der Waals surface area contributed by atoms with Gasteiger partial charge in [-0.05, 0) is 26.9 Å². The predicted octanol–water partition coefficient (Wildman–Crippen LogP) is 4.29. The lowest BCUT2D eigenvalue weighted by Crippen LogP contribution is -2.19. The first-order valence-electron chi connectivity index (χ1n) is 9.87. The molecule has 0 radical (unpaired) electrons. The maximum atomic E-state index is 15.0. The second-order valence-electron chi connectivity index (χ2n) is 6.92. The molecule has 1 atom stereocenters. The van der Waals surface area contributed by atoms with Crippen molar-refractivity contribution in [2.45, 2.75) is 19.4 Å². The molecule has 32 heavy (non-hydrogen) atoms. The molecule has 0 spiro atoms. The van der Waals surface area contributed by atoms with E-state index in [9.17, 15) is 4.39 Å². The van der Waals surface area contributed by atoms with Gasteiger partial charge in [-0.15, -0.1) is 0 Å². The van der Waals surface area contributed by atoms with Crippen molar-refractivity contribution >= 4 is 17.4 Å². The van der Waals surface area contributed by atoms with Gasteiger partial charge in [-0.2, -0.15) is 0 Å². The van der Waals surface area contributed by atoms with E-state index >= 15 is 8.78 Å². The minimum Gasteiger partial charge on any atom is -0.493 e. The van der Waals surface area contributed by atoms with Crippen molar-refractivity contribution in [1.82, 2.24) is 25.3 Å².